The number of fused-ring (bicyclic) bond motifs is 3. The van der Waals surface area contributed by atoms with Gasteiger partial charge in [0.2, 0.25) is 0 Å². The van der Waals surface area contributed by atoms with Crippen LogP contribution in [0.4, 0.5) is 5.69 Å². The van der Waals surface area contributed by atoms with E-state index >= 15 is 0 Å². The number of carbonyl (C=O) groups excluding carboxylic acids is 1. The average molecular weight is 317 g/mol. The predicted molar refractivity (Wildman–Crippen MR) is 94.3 cm³/mol. The van der Waals surface area contributed by atoms with E-state index in [1.165, 1.54) is 0 Å². The highest BCUT2D eigenvalue weighted by Crippen LogP contribution is 2.30. The van der Waals surface area contributed by atoms with Crippen molar-refractivity contribution in [3.05, 3.63) is 72.8 Å². The Balaban J connectivity index is 1.51. The van der Waals surface area contributed by atoms with Crippen molar-refractivity contribution in [2.45, 2.75) is 0 Å². The molecule has 1 amide bonds. The molecule has 3 aromatic carbocycles. The van der Waals surface area contributed by atoms with Crippen LogP contribution in [-0.4, -0.2) is 12.5 Å². The molecule has 0 bridgehead atoms. The molecule has 4 nitrogen and oxygen atoms in total. The number of amides is 1. The summed E-state index contributed by atoms with van der Waals surface area (Å²) in [5.74, 6) is 0.468. The van der Waals surface area contributed by atoms with Crippen molar-refractivity contribution in [1.82, 2.24) is 0 Å². The van der Waals surface area contributed by atoms with Crippen molar-refractivity contribution in [2.24, 2.45) is 0 Å². The lowest BCUT2D eigenvalue weighted by molar-refractivity contribution is -0.118. The number of rotatable bonds is 4. The molecule has 24 heavy (non-hydrogen) atoms. The molecule has 4 rings (SSSR count). The number of hydrogen-bond donors (Lipinski definition) is 1. The van der Waals surface area contributed by atoms with Crippen molar-refractivity contribution >= 4 is 33.5 Å². The first-order chi connectivity index (χ1) is 11.8. The minimum absolute atomic E-state index is 0.0335. The first-order valence-corrected chi connectivity index (χ1v) is 7.68. The number of furan rings is 1. The molecule has 0 saturated carbocycles. The summed E-state index contributed by atoms with van der Waals surface area (Å²) in [4.78, 5) is 12.1. The second-order valence-electron chi connectivity index (χ2n) is 5.46. The van der Waals surface area contributed by atoms with E-state index in [1.54, 1.807) is 0 Å². The van der Waals surface area contributed by atoms with Gasteiger partial charge in [0.25, 0.3) is 5.91 Å². The maximum absolute atomic E-state index is 12.1. The second kappa shape index (κ2) is 6.08. The van der Waals surface area contributed by atoms with Gasteiger partial charge >= 0.3 is 0 Å². The summed E-state index contributed by atoms with van der Waals surface area (Å²) in [7, 11) is 0. The third kappa shape index (κ3) is 2.82. The minimum Gasteiger partial charge on any atom is -0.484 e. The molecule has 0 aliphatic heterocycles. The lowest BCUT2D eigenvalue weighted by Crippen LogP contribution is -2.20. The van der Waals surface area contributed by atoms with E-state index in [9.17, 15) is 4.79 Å². The van der Waals surface area contributed by atoms with Gasteiger partial charge in [-0.15, -0.1) is 0 Å². The van der Waals surface area contributed by atoms with Gasteiger partial charge in [-0.05, 0) is 36.4 Å². The number of anilines is 1. The number of nitrogens with one attached hydrogen (secondary N) is 1. The third-order valence-electron chi connectivity index (χ3n) is 3.77. The smallest absolute Gasteiger partial charge is 0.262 e. The van der Waals surface area contributed by atoms with Crippen LogP contribution in [0.2, 0.25) is 0 Å². The Labute approximate surface area is 138 Å². The van der Waals surface area contributed by atoms with E-state index < -0.39 is 0 Å². The van der Waals surface area contributed by atoms with E-state index in [0.717, 1.165) is 27.6 Å². The molecule has 1 N–H and O–H groups in total. The summed E-state index contributed by atoms with van der Waals surface area (Å²) in [5.41, 5.74) is 2.36. The second-order valence-corrected chi connectivity index (χ2v) is 5.46. The van der Waals surface area contributed by atoms with Crippen LogP contribution in [0, 0.1) is 0 Å². The van der Waals surface area contributed by atoms with Crippen LogP contribution in [0.3, 0.4) is 0 Å². The summed E-state index contributed by atoms with van der Waals surface area (Å²) < 4.78 is 11.2. The van der Waals surface area contributed by atoms with Gasteiger partial charge in [0.1, 0.15) is 16.9 Å². The first-order valence-electron chi connectivity index (χ1n) is 7.68. The fraction of sp³-hybridized carbons (Fsp3) is 0.0500. The highest BCUT2D eigenvalue weighted by molar-refractivity contribution is 6.07. The monoisotopic (exact) mass is 317 g/mol. The summed E-state index contributed by atoms with van der Waals surface area (Å²) in [6.07, 6.45) is 0. The van der Waals surface area contributed by atoms with Gasteiger partial charge in [-0.1, -0.05) is 36.4 Å². The topological polar surface area (TPSA) is 51.5 Å². The van der Waals surface area contributed by atoms with Crippen molar-refractivity contribution in [2.75, 3.05) is 11.9 Å². The van der Waals surface area contributed by atoms with Crippen molar-refractivity contribution in [3.63, 3.8) is 0 Å². The zero-order valence-corrected chi connectivity index (χ0v) is 12.9. The van der Waals surface area contributed by atoms with E-state index in [0.29, 0.717) is 5.75 Å². The Morgan fingerprint density at radius 2 is 1.62 bits per heavy atom. The Hall–Kier alpha value is -3.27. The molecule has 0 atom stereocenters. The first kappa shape index (κ1) is 14.3. The minimum atomic E-state index is -0.203. The SMILES string of the molecule is O=C(COc1ccccc1)Nc1ccc2oc3ccccc3c2c1. The highest BCUT2D eigenvalue weighted by Gasteiger charge is 2.09. The molecule has 1 aromatic heterocycles. The van der Waals surface area contributed by atoms with Gasteiger partial charge in [-0.25, -0.2) is 0 Å². The molecular weight excluding hydrogens is 302 g/mol. The zero-order valence-electron chi connectivity index (χ0n) is 12.9. The summed E-state index contributed by atoms with van der Waals surface area (Å²) in [5, 5.41) is 4.86. The van der Waals surface area contributed by atoms with E-state index in [-0.39, 0.29) is 12.5 Å². The van der Waals surface area contributed by atoms with Crippen LogP contribution < -0.4 is 10.1 Å². The number of para-hydroxylation sites is 2. The average Bonchev–Trinajstić information content (AvgIpc) is 2.99. The van der Waals surface area contributed by atoms with Crippen LogP contribution in [0.1, 0.15) is 0 Å². The Bertz CT molecular complexity index is 1010. The van der Waals surface area contributed by atoms with Gasteiger partial charge in [0.05, 0.1) is 0 Å². The molecule has 1 heterocycles. The van der Waals surface area contributed by atoms with Crippen LogP contribution in [0.5, 0.6) is 5.75 Å². The quantitative estimate of drug-likeness (QED) is 0.598. The van der Waals surface area contributed by atoms with Crippen LogP contribution in [0.15, 0.2) is 77.2 Å². The number of benzene rings is 3. The molecular formula is C20H15NO3. The normalized spacial score (nSPS) is 10.8. The van der Waals surface area contributed by atoms with E-state index in [4.69, 9.17) is 9.15 Å². The number of ether oxygens (including phenoxy) is 1. The molecule has 4 aromatic rings. The zero-order chi connectivity index (χ0) is 16.4. The van der Waals surface area contributed by atoms with Gasteiger partial charge in [0, 0.05) is 16.5 Å². The molecule has 0 aliphatic rings. The fourth-order valence-electron chi connectivity index (χ4n) is 2.67. The summed E-state index contributed by atoms with van der Waals surface area (Å²) in [6.45, 7) is -0.0335. The molecule has 0 spiro atoms. The van der Waals surface area contributed by atoms with E-state index in [2.05, 4.69) is 5.32 Å². The molecule has 4 heteroatoms. The number of carbonyl (C=O) groups is 1. The van der Waals surface area contributed by atoms with Crippen LogP contribution >= 0.6 is 0 Å². The summed E-state index contributed by atoms with van der Waals surface area (Å²) in [6, 6.07) is 22.7. The Morgan fingerprint density at radius 3 is 2.50 bits per heavy atom. The third-order valence-corrected chi connectivity index (χ3v) is 3.77. The Kier molecular flexibility index (Phi) is 3.63. The lowest BCUT2D eigenvalue weighted by atomic mass is 10.1. The fourth-order valence-corrected chi connectivity index (χ4v) is 2.67. The molecule has 118 valence electrons. The predicted octanol–water partition coefficient (Wildman–Crippen LogP) is 4.60. The highest BCUT2D eigenvalue weighted by atomic mass is 16.5. The maximum atomic E-state index is 12.1. The van der Waals surface area contributed by atoms with Crippen molar-refractivity contribution < 1.29 is 13.9 Å². The number of hydrogen-bond acceptors (Lipinski definition) is 3. The van der Waals surface area contributed by atoms with E-state index in [1.807, 2.05) is 72.8 Å². The molecule has 0 fully saturated rings. The van der Waals surface area contributed by atoms with Crippen LogP contribution in [-0.2, 0) is 4.79 Å². The standard InChI is InChI=1S/C20H15NO3/c22-20(13-23-15-6-2-1-3-7-15)21-14-10-11-19-17(12-14)16-8-4-5-9-18(16)24-19/h1-12H,13H2,(H,21,22). The molecule has 0 aliphatic carbocycles. The van der Waals surface area contributed by atoms with Gasteiger partial charge in [-0.2, -0.15) is 0 Å². The van der Waals surface area contributed by atoms with Crippen molar-refractivity contribution in [1.29, 1.82) is 0 Å². The maximum Gasteiger partial charge on any atom is 0.262 e. The van der Waals surface area contributed by atoms with Gasteiger partial charge in [0.15, 0.2) is 6.61 Å². The largest absolute Gasteiger partial charge is 0.484 e. The Morgan fingerprint density at radius 1 is 0.875 bits per heavy atom. The van der Waals surface area contributed by atoms with Gasteiger partial charge in [-0.3, -0.25) is 4.79 Å². The lowest BCUT2D eigenvalue weighted by Gasteiger charge is -2.07. The van der Waals surface area contributed by atoms with Crippen molar-refractivity contribution in [3.8, 4) is 5.75 Å². The molecule has 0 unspecified atom stereocenters. The molecule has 0 radical (unpaired) electrons. The van der Waals surface area contributed by atoms with Crippen LogP contribution in [0.25, 0.3) is 21.9 Å². The molecule has 0 saturated heterocycles. The summed E-state index contributed by atoms with van der Waals surface area (Å²) >= 11 is 0. The van der Waals surface area contributed by atoms with Gasteiger partial charge < -0.3 is 14.5 Å².